The molecule has 2 aromatic rings. The summed E-state index contributed by atoms with van der Waals surface area (Å²) in [5, 5.41) is 13.4. The number of amides is 1. The van der Waals surface area contributed by atoms with E-state index in [4.69, 9.17) is 4.74 Å². The van der Waals surface area contributed by atoms with Crippen LogP contribution in [0.5, 0.6) is 5.88 Å². The summed E-state index contributed by atoms with van der Waals surface area (Å²) in [5.41, 5.74) is 1.40. The van der Waals surface area contributed by atoms with Crippen molar-refractivity contribution in [2.45, 2.75) is 6.54 Å². The van der Waals surface area contributed by atoms with Crippen molar-refractivity contribution in [3.05, 3.63) is 69.9 Å². The number of methoxy groups -OCH3 is 1. The Hall–Kier alpha value is -3.22. The number of nitro groups is 1. The number of nitrogens with zero attached hydrogens (tertiary/aromatic N) is 2. The second-order valence-electron chi connectivity index (χ2n) is 4.61. The van der Waals surface area contributed by atoms with Crippen LogP contribution >= 0.6 is 0 Å². The molecule has 0 spiro atoms. The van der Waals surface area contributed by atoms with Gasteiger partial charge in [-0.2, -0.15) is 0 Å². The van der Waals surface area contributed by atoms with Crippen LogP contribution in [0.4, 0.5) is 5.69 Å². The first kappa shape index (κ1) is 16.2. The molecule has 0 fully saturated rings. The van der Waals surface area contributed by atoms with Crippen LogP contribution < -0.4 is 10.1 Å². The fourth-order valence-electron chi connectivity index (χ4n) is 1.80. The maximum Gasteiger partial charge on any atom is 0.270 e. The number of non-ortho nitro benzene ring substituents is 1. The Kier molecular flexibility index (Phi) is 5.40. The first-order valence-electron chi connectivity index (χ1n) is 6.78. The number of rotatable bonds is 6. The number of carbonyl (C=O) groups is 1. The Labute approximate surface area is 132 Å². The molecule has 118 valence electrons. The van der Waals surface area contributed by atoms with E-state index in [0.29, 0.717) is 18.0 Å². The summed E-state index contributed by atoms with van der Waals surface area (Å²) < 4.78 is 4.95. The van der Waals surface area contributed by atoms with Gasteiger partial charge in [0.25, 0.3) is 5.69 Å². The van der Waals surface area contributed by atoms with Gasteiger partial charge in [-0.15, -0.1) is 0 Å². The highest BCUT2D eigenvalue weighted by atomic mass is 16.6. The number of nitro benzene ring substituents is 1. The predicted molar refractivity (Wildman–Crippen MR) is 84.8 cm³/mol. The molecule has 1 heterocycles. The molecule has 0 unspecified atom stereocenters. The van der Waals surface area contributed by atoms with Crippen LogP contribution in [0.25, 0.3) is 6.08 Å². The van der Waals surface area contributed by atoms with Crippen molar-refractivity contribution >= 4 is 17.7 Å². The summed E-state index contributed by atoms with van der Waals surface area (Å²) in [4.78, 5) is 26.0. The smallest absolute Gasteiger partial charge is 0.270 e. The van der Waals surface area contributed by atoms with Crippen LogP contribution in [0.2, 0.25) is 0 Å². The van der Waals surface area contributed by atoms with Gasteiger partial charge in [-0.05, 0) is 17.2 Å². The zero-order valence-corrected chi connectivity index (χ0v) is 12.4. The van der Waals surface area contributed by atoms with Gasteiger partial charge in [-0.25, -0.2) is 4.98 Å². The molecule has 0 atom stereocenters. The molecule has 0 aliphatic rings. The number of carbonyl (C=O) groups excluding carboxylic acids is 1. The number of benzene rings is 1. The van der Waals surface area contributed by atoms with Crippen molar-refractivity contribution in [3.8, 4) is 5.88 Å². The lowest BCUT2D eigenvalue weighted by Crippen LogP contribution is -2.20. The molecule has 1 amide bonds. The second-order valence-corrected chi connectivity index (χ2v) is 4.61. The number of hydrogen-bond acceptors (Lipinski definition) is 5. The van der Waals surface area contributed by atoms with Crippen molar-refractivity contribution in [1.82, 2.24) is 10.3 Å². The van der Waals surface area contributed by atoms with Gasteiger partial charge in [0.1, 0.15) is 0 Å². The fourth-order valence-corrected chi connectivity index (χ4v) is 1.80. The molecule has 7 heteroatoms. The molecule has 0 saturated heterocycles. The van der Waals surface area contributed by atoms with Gasteiger partial charge in [0.15, 0.2) is 0 Å². The van der Waals surface area contributed by atoms with Gasteiger partial charge in [0, 0.05) is 37.0 Å². The van der Waals surface area contributed by atoms with Crippen molar-refractivity contribution in [3.63, 3.8) is 0 Å². The Balaban J connectivity index is 1.91. The standard InChI is InChI=1S/C16H15N3O4/c1-23-16-8-6-13(11-18-16)10-17-15(20)7-5-12-3-2-4-14(9-12)19(21)22/h2-9,11H,10H2,1H3,(H,17,20)/b7-5+. The summed E-state index contributed by atoms with van der Waals surface area (Å²) in [6.45, 7) is 0.328. The van der Waals surface area contributed by atoms with E-state index in [2.05, 4.69) is 10.3 Å². The van der Waals surface area contributed by atoms with Gasteiger partial charge in [-0.3, -0.25) is 14.9 Å². The normalized spacial score (nSPS) is 10.5. The van der Waals surface area contributed by atoms with Crippen LogP contribution in [0.15, 0.2) is 48.7 Å². The first-order valence-corrected chi connectivity index (χ1v) is 6.78. The van der Waals surface area contributed by atoms with Gasteiger partial charge in [0.2, 0.25) is 11.8 Å². The van der Waals surface area contributed by atoms with E-state index in [1.54, 1.807) is 30.5 Å². The van der Waals surface area contributed by atoms with E-state index < -0.39 is 4.92 Å². The lowest BCUT2D eigenvalue weighted by Gasteiger charge is -2.03. The van der Waals surface area contributed by atoms with Crippen molar-refractivity contribution in [2.75, 3.05) is 7.11 Å². The zero-order chi connectivity index (χ0) is 16.7. The van der Waals surface area contributed by atoms with Crippen LogP contribution in [0.3, 0.4) is 0 Å². The Morgan fingerprint density at radius 3 is 2.87 bits per heavy atom. The molecule has 1 aromatic heterocycles. The molecule has 0 aliphatic heterocycles. The molecule has 0 bridgehead atoms. The summed E-state index contributed by atoms with van der Waals surface area (Å²) >= 11 is 0. The minimum Gasteiger partial charge on any atom is -0.481 e. The van der Waals surface area contributed by atoms with Crippen LogP contribution in [0, 0.1) is 10.1 Å². The molecule has 7 nitrogen and oxygen atoms in total. The SMILES string of the molecule is COc1ccc(CNC(=O)/C=C/c2cccc([N+](=O)[O-])c2)cn1. The van der Waals surface area contributed by atoms with E-state index >= 15 is 0 Å². The van der Waals surface area contributed by atoms with E-state index in [1.165, 1.54) is 31.4 Å². The van der Waals surface area contributed by atoms with E-state index in [9.17, 15) is 14.9 Å². The molecule has 0 aliphatic carbocycles. The number of nitrogens with one attached hydrogen (secondary N) is 1. The molecule has 0 saturated carbocycles. The third-order valence-electron chi connectivity index (χ3n) is 2.98. The summed E-state index contributed by atoms with van der Waals surface area (Å²) in [5.74, 6) is 0.206. The highest BCUT2D eigenvalue weighted by molar-refractivity contribution is 5.91. The highest BCUT2D eigenvalue weighted by Crippen LogP contribution is 2.14. The van der Waals surface area contributed by atoms with Crippen molar-refractivity contribution in [1.29, 1.82) is 0 Å². The third kappa shape index (κ3) is 4.92. The Morgan fingerprint density at radius 1 is 1.39 bits per heavy atom. The molecular formula is C16H15N3O4. The second kappa shape index (κ2) is 7.69. The molecule has 1 N–H and O–H groups in total. The average Bonchev–Trinajstić information content (AvgIpc) is 2.58. The predicted octanol–water partition coefficient (Wildman–Crippen LogP) is 2.33. The zero-order valence-electron chi connectivity index (χ0n) is 12.4. The fraction of sp³-hybridized carbons (Fsp3) is 0.125. The highest BCUT2D eigenvalue weighted by Gasteiger charge is 2.04. The number of aromatic nitrogens is 1. The lowest BCUT2D eigenvalue weighted by atomic mass is 10.2. The maximum atomic E-state index is 11.8. The topological polar surface area (TPSA) is 94.4 Å². The minimum absolute atomic E-state index is 0.0168. The first-order chi connectivity index (χ1) is 11.1. The quantitative estimate of drug-likeness (QED) is 0.502. The summed E-state index contributed by atoms with van der Waals surface area (Å²) in [6, 6.07) is 9.56. The van der Waals surface area contributed by atoms with Gasteiger partial charge in [0.05, 0.1) is 12.0 Å². The number of hydrogen-bond donors (Lipinski definition) is 1. The van der Waals surface area contributed by atoms with Gasteiger partial charge in [-0.1, -0.05) is 18.2 Å². The molecule has 2 rings (SSSR count). The van der Waals surface area contributed by atoms with Crippen LogP contribution in [-0.2, 0) is 11.3 Å². The molecule has 0 radical (unpaired) electrons. The van der Waals surface area contributed by atoms with Crippen molar-refractivity contribution < 1.29 is 14.5 Å². The minimum atomic E-state index is -0.478. The Bertz CT molecular complexity index is 726. The van der Waals surface area contributed by atoms with Crippen molar-refractivity contribution in [2.24, 2.45) is 0 Å². The maximum absolute atomic E-state index is 11.8. The van der Waals surface area contributed by atoms with Gasteiger partial charge < -0.3 is 10.1 Å². The number of ether oxygens (including phenoxy) is 1. The van der Waals surface area contributed by atoms with Gasteiger partial charge >= 0.3 is 0 Å². The summed E-state index contributed by atoms with van der Waals surface area (Å²) in [6.07, 6.45) is 4.47. The van der Waals surface area contributed by atoms with E-state index in [1.807, 2.05) is 0 Å². The molecule has 23 heavy (non-hydrogen) atoms. The van der Waals surface area contributed by atoms with E-state index in [-0.39, 0.29) is 11.6 Å². The summed E-state index contributed by atoms with van der Waals surface area (Å²) in [7, 11) is 1.53. The van der Waals surface area contributed by atoms with Crippen LogP contribution in [0.1, 0.15) is 11.1 Å². The van der Waals surface area contributed by atoms with Crippen LogP contribution in [-0.4, -0.2) is 22.9 Å². The number of pyridine rings is 1. The molecular weight excluding hydrogens is 298 g/mol. The van der Waals surface area contributed by atoms with E-state index in [0.717, 1.165) is 5.56 Å². The molecule has 1 aromatic carbocycles. The monoisotopic (exact) mass is 313 g/mol. The average molecular weight is 313 g/mol. The lowest BCUT2D eigenvalue weighted by molar-refractivity contribution is -0.384. The Morgan fingerprint density at radius 2 is 2.22 bits per heavy atom. The third-order valence-corrected chi connectivity index (χ3v) is 2.98. The largest absolute Gasteiger partial charge is 0.481 e.